The van der Waals surface area contributed by atoms with Gasteiger partial charge in [-0.3, -0.25) is 9.48 Å². The highest BCUT2D eigenvalue weighted by Gasteiger charge is 2.29. The van der Waals surface area contributed by atoms with Crippen LogP contribution in [0.5, 0.6) is 0 Å². The number of benzene rings is 1. The Hall–Kier alpha value is -2.78. The lowest BCUT2D eigenvalue weighted by Gasteiger charge is -2.24. The molecule has 2 rings (SSSR count). The van der Waals surface area contributed by atoms with Crippen LogP contribution in [0, 0.1) is 23.7 Å². The molecule has 0 bridgehead atoms. The molecule has 7 heteroatoms. The zero-order valence-corrected chi connectivity index (χ0v) is 21.8. The maximum absolute atomic E-state index is 12.4. The number of aromatic nitrogens is 2. The molecule has 1 heterocycles. The number of hydrogen-bond donors (Lipinski definition) is 0. The summed E-state index contributed by atoms with van der Waals surface area (Å²) >= 11 is 6.61. The lowest BCUT2D eigenvalue weighted by molar-refractivity contribution is -0.173. The van der Waals surface area contributed by atoms with Crippen molar-refractivity contribution >= 4 is 28.9 Å². The molecular formula is C26H34ClN3O3. The lowest BCUT2D eigenvalue weighted by Crippen LogP contribution is -2.28. The fourth-order valence-electron chi connectivity index (χ4n) is 3.14. The van der Waals surface area contributed by atoms with E-state index in [9.17, 15) is 10.1 Å². The molecule has 1 atom stereocenters. The van der Waals surface area contributed by atoms with Gasteiger partial charge in [-0.1, -0.05) is 56.6 Å². The monoisotopic (exact) mass is 471 g/mol. The van der Waals surface area contributed by atoms with Crippen LogP contribution in [0.1, 0.15) is 77.9 Å². The minimum atomic E-state index is -0.944. The largest absolute Gasteiger partial charge is 0.451 e. The summed E-state index contributed by atoms with van der Waals surface area (Å²) in [5.41, 5.74) is 2.48. The van der Waals surface area contributed by atoms with E-state index >= 15 is 0 Å². The fourth-order valence-corrected chi connectivity index (χ4v) is 3.36. The van der Waals surface area contributed by atoms with Gasteiger partial charge >= 0.3 is 5.97 Å². The van der Waals surface area contributed by atoms with Gasteiger partial charge in [0, 0.05) is 13.5 Å². The molecule has 2 aromatic rings. The average molecular weight is 472 g/mol. The number of nitriles is 1. The van der Waals surface area contributed by atoms with Gasteiger partial charge < -0.3 is 9.47 Å². The molecule has 0 saturated carbocycles. The standard InChI is InChI=1S/C26H34ClN3O3/c1-10-30-22(21(27)16(2)29-30)23(32-17(3)33-24(31)26(7,8)9)20(15-28)18-11-13-19(14-12-18)25(4,5)6/h11-14,17H,10H2,1-9H3/b23-20-. The Kier molecular flexibility index (Phi) is 8.03. The van der Waals surface area contributed by atoms with Crippen molar-refractivity contribution in [3.8, 4) is 6.07 Å². The van der Waals surface area contributed by atoms with Crippen LogP contribution >= 0.6 is 11.6 Å². The van der Waals surface area contributed by atoms with Crippen molar-refractivity contribution in [2.75, 3.05) is 0 Å². The van der Waals surface area contributed by atoms with Gasteiger partial charge in [-0.15, -0.1) is 0 Å². The molecular weight excluding hydrogens is 438 g/mol. The summed E-state index contributed by atoms with van der Waals surface area (Å²) in [5, 5.41) is 15.0. The number of esters is 1. The van der Waals surface area contributed by atoms with Gasteiger partial charge in [-0.2, -0.15) is 10.4 Å². The van der Waals surface area contributed by atoms with Gasteiger partial charge in [0.2, 0.25) is 6.29 Å². The second-order valence-electron chi connectivity index (χ2n) is 10.0. The van der Waals surface area contributed by atoms with Crippen LogP contribution in [0.4, 0.5) is 0 Å². The second kappa shape index (κ2) is 10.0. The quantitative estimate of drug-likeness (QED) is 0.208. The smallest absolute Gasteiger partial charge is 0.314 e. The molecule has 0 aliphatic heterocycles. The Balaban J connectivity index is 2.66. The van der Waals surface area contributed by atoms with Crippen molar-refractivity contribution < 1.29 is 14.3 Å². The Morgan fingerprint density at radius 1 is 1.15 bits per heavy atom. The van der Waals surface area contributed by atoms with Crippen molar-refractivity contribution in [1.82, 2.24) is 9.78 Å². The Morgan fingerprint density at radius 3 is 2.18 bits per heavy atom. The second-order valence-corrected chi connectivity index (χ2v) is 10.4. The molecule has 0 aliphatic rings. The molecule has 1 aromatic carbocycles. The van der Waals surface area contributed by atoms with Crippen molar-refractivity contribution in [1.29, 1.82) is 5.26 Å². The molecule has 0 aliphatic carbocycles. The number of hydrogen-bond acceptors (Lipinski definition) is 5. The van der Waals surface area contributed by atoms with E-state index in [4.69, 9.17) is 21.1 Å². The summed E-state index contributed by atoms with van der Waals surface area (Å²) in [4.78, 5) is 12.4. The summed E-state index contributed by atoms with van der Waals surface area (Å²) in [6.07, 6.45) is -0.944. The third-order valence-corrected chi connectivity index (χ3v) is 5.57. The first-order valence-corrected chi connectivity index (χ1v) is 11.4. The maximum Gasteiger partial charge on any atom is 0.314 e. The molecule has 0 fully saturated rings. The van der Waals surface area contributed by atoms with E-state index in [2.05, 4.69) is 31.9 Å². The van der Waals surface area contributed by atoms with Crippen LogP contribution in [-0.4, -0.2) is 22.0 Å². The molecule has 0 saturated heterocycles. The highest BCUT2D eigenvalue weighted by molar-refractivity contribution is 6.33. The molecule has 1 aromatic heterocycles. The summed E-state index contributed by atoms with van der Waals surface area (Å²) in [6, 6.07) is 10.0. The number of carbonyl (C=O) groups excluding carboxylic acids is 1. The SMILES string of the molecule is CCn1nc(C)c(Cl)c1/C(OC(C)OC(=O)C(C)(C)C)=C(\C#N)c1ccc(C(C)(C)C)cc1. The predicted molar refractivity (Wildman–Crippen MR) is 131 cm³/mol. The maximum atomic E-state index is 12.4. The van der Waals surface area contributed by atoms with Crippen molar-refractivity contribution in [3.63, 3.8) is 0 Å². The average Bonchev–Trinajstić information content (AvgIpc) is 3.00. The number of allylic oxidation sites excluding steroid dienone is 1. The summed E-state index contributed by atoms with van der Waals surface area (Å²) in [5.74, 6) is -0.184. The number of ether oxygens (including phenoxy) is 2. The molecule has 1 unspecified atom stereocenters. The third kappa shape index (κ3) is 6.17. The minimum absolute atomic E-state index is 0.0225. The topological polar surface area (TPSA) is 77.1 Å². The summed E-state index contributed by atoms with van der Waals surface area (Å²) < 4.78 is 13.3. The Labute approximate surface area is 202 Å². The molecule has 0 N–H and O–H groups in total. The molecule has 6 nitrogen and oxygen atoms in total. The van der Waals surface area contributed by atoms with Crippen LogP contribution in [-0.2, 0) is 26.2 Å². The van der Waals surface area contributed by atoms with Crippen LogP contribution < -0.4 is 0 Å². The van der Waals surface area contributed by atoms with E-state index < -0.39 is 17.7 Å². The van der Waals surface area contributed by atoms with Gasteiger partial charge in [0.15, 0.2) is 5.76 Å². The number of halogens is 1. The van der Waals surface area contributed by atoms with E-state index in [1.807, 2.05) is 31.2 Å². The van der Waals surface area contributed by atoms with Gasteiger partial charge in [0.05, 0.1) is 16.1 Å². The highest BCUT2D eigenvalue weighted by Crippen LogP contribution is 2.35. The van der Waals surface area contributed by atoms with E-state index in [0.29, 0.717) is 28.5 Å². The first-order valence-electron chi connectivity index (χ1n) is 11.1. The van der Waals surface area contributed by atoms with E-state index in [-0.39, 0.29) is 16.7 Å². The zero-order chi connectivity index (χ0) is 25.1. The predicted octanol–water partition coefficient (Wildman–Crippen LogP) is 6.51. The molecule has 0 amide bonds. The fraction of sp³-hybridized carbons (Fsp3) is 0.500. The van der Waals surface area contributed by atoms with Gasteiger partial charge in [-0.25, -0.2) is 0 Å². The third-order valence-electron chi connectivity index (χ3n) is 5.12. The van der Waals surface area contributed by atoms with Crippen LogP contribution in [0.2, 0.25) is 5.02 Å². The number of rotatable bonds is 6. The van der Waals surface area contributed by atoms with E-state index in [1.54, 1.807) is 39.3 Å². The molecule has 178 valence electrons. The van der Waals surface area contributed by atoms with Crippen LogP contribution in [0.3, 0.4) is 0 Å². The van der Waals surface area contributed by atoms with Crippen molar-refractivity contribution in [2.24, 2.45) is 5.41 Å². The van der Waals surface area contributed by atoms with E-state index in [0.717, 1.165) is 5.56 Å². The Morgan fingerprint density at radius 2 is 1.73 bits per heavy atom. The highest BCUT2D eigenvalue weighted by atomic mass is 35.5. The number of carbonyl (C=O) groups is 1. The van der Waals surface area contributed by atoms with Crippen LogP contribution in [0.25, 0.3) is 11.3 Å². The summed E-state index contributed by atoms with van der Waals surface area (Å²) in [7, 11) is 0. The lowest BCUT2D eigenvalue weighted by atomic mass is 9.86. The molecule has 0 spiro atoms. The first-order chi connectivity index (χ1) is 15.2. The Bertz CT molecular complexity index is 1080. The molecule has 0 radical (unpaired) electrons. The van der Waals surface area contributed by atoms with Crippen LogP contribution in [0.15, 0.2) is 24.3 Å². The van der Waals surface area contributed by atoms with Crippen molar-refractivity contribution in [3.05, 3.63) is 51.8 Å². The minimum Gasteiger partial charge on any atom is -0.451 e. The van der Waals surface area contributed by atoms with Crippen molar-refractivity contribution in [2.45, 2.75) is 80.6 Å². The zero-order valence-electron chi connectivity index (χ0n) is 21.0. The van der Waals surface area contributed by atoms with Gasteiger partial charge in [0.25, 0.3) is 0 Å². The van der Waals surface area contributed by atoms with Gasteiger partial charge in [0.1, 0.15) is 17.3 Å². The van der Waals surface area contributed by atoms with E-state index in [1.165, 1.54) is 0 Å². The summed E-state index contributed by atoms with van der Waals surface area (Å²) in [6.45, 7) is 17.6. The van der Waals surface area contributed by atoms with Gasteiger partial charge in [-0.05, 0) is 51.2 Å². The normalized spacial score (nSPS) is 13.7. The molecule has 33 heavy (non-hydrogen) atoms. The number of nitrogens with zero attached hydrogens (tertiary/aromatic N) is 3. The number of aryl methyl sites for hydroxylation is 2. The first kappa shape index (κ1) is 26.5.